The van der Waals surface area contributed by atoms with E-state index in [1.807, 2.05) is 0 Å². The molecule has 0 spiro atoms. The van der Waals surface area contributed by atoms with Crippen LogP contribution < -0.4 is 18.9 Å². The van der Waals surface area contributed by atoms with E-state index in [4.69, 9.17) is 30.5 Å². The van der Waals surface area contributed by atoms with Crippen molar-refractivity contribution in [3.05, 3.63) is 47.0 Å². The molecule has 1 atom stereocenters. The summed E-state index contributed by atoms with van der Waals surface area (Å²) in [4.78, 5) is 12.3. The van der Waals surface area contributed by atoms with Crippen molar-refractivity contribution in [2.24, 2.45) is 0 Å². The smallest absolute Gasteiger partial charge is 0.324 e. The van der Waals surface area contributed by atoms with E-state index in [1.165, 1.54) is 38.3 Å². The van der Waals surface area contributed by atoms with E-state index >= 15 is 0 Å². The number of hydrogen-bond acceptors (Lipinski definition) is 7. The lowest BCUT2D eigenvalue weighted by Crippen LogP contribution is -2.39. The van der Waals surface area contributed by atoms with Gasteiger partial charge in [0.25, 0.3) is 0 Å². The van der Waals surface area contributed by atoms with E-state index in [-0.39, 0.29) is 11.5 Å². The Labute approximate surface area is 180 Å². The van der Waals surface area contributed by atoms with Gasteiger partial charge in [0.1, 0.15) is 18.4 Å². The standard InChI is InChI=1S/C20H22ClNO7S/c1-13(22-30(24,25)16-6-4-15(26-2)5-7-16)20(23)29-12-14-10-17(21)19-18(11-14)27-8-3-9-28-19/h4-7,10-11,13,22H,3,8-9,12H2,1-2H3/t13-/m0/s1. The first kappa shape index (κ1) is 22.2. The second-order valence-corrected chi connectivity index (χ2v) is 8.70. The van der Waals surface area contributed by atoms with Gasteiger partial charge >= 0.3 is 5.97 Å². The lowest BCUT2D eigenvalue weighted by atomic mass is 10.2. The van der Waals surface area contributed by atoms with Crippen LogP contribution in [0.25, 0.3) is 0 Å². The molecule has 0 saturated carbocycles. The van der Waals surface area contributed by atoms with Gasteiger partial charge in [0.15, 0.2) is 11.5 Å². The average Bonchev–Trinajstić information content (AvgIpc) is 2.97. The number of sulfonamides is 1. The minimum Gasteiger partial charge on any atom is -0.497 e. The minimum atomic E-state index is -3.90. The molecular weight excluding hydrogens is 434 g/mol. The lowest BCUT2D eigenvalue weighted by Gasteiger charge is -2.15. The number of ether oxygens (including phenoxy) is 4. The molecule has 30 heavy (non-hydrogen) atoms. The SMILES string of the molecule is COc1ccc(S(=O)(=O)N[C@@H](C)C(=O)OCc2cc(Cl)c3c(c2)OCCCO3)cc1. The van der Waals surface area contributed by atoms with E-state index in [0.717, 1.165) is 6.42 Å². The molecule has 8 nitrogen and oxygen atoms in total. The van der Waals surface area contributed by atoms with Gasteiger partial charge in [-0.1, -0.05) is 11.6 Å². The molecule has 0 aromatic heterocycles. The van der Waals surface area contributed by atoms with E-state index in [1.54, 1.807) is 12.1 Å². The van der Waals surface area contributed by atoms with E-state index < -0.39 is 22.0 Å². The van der Waals surface area contributed by atoms with Crippen LogP contribution in [0.5, 0.6) is 17.2 Å². The first-order valence-electron chi connectivity index (χ1n) is 9.21. The van der Waals surface area contributed by atoms with Crippen LogP contribution in [0.1, 0.15) is 18.9 Å². The maximum atomic E-state index is 12.5. The van der Waals surface area contributed by atoms with Crippen LogP contribution in [0.2, 0.25) is 5.02 Å². The van der Waals surface area contributed by atoms with Gasteiger partial charge in [0, 0.05) is 6.42 Å². The third-order valence-electron chi connectivity index (χ3n) is 4.30. The summed E-state index contributed by atoms with van der Waals surface area (Å²) in [7, 11) is -2.42. The van der Waals surface area contributed by atoms with Crippen molar-refractivity contribution in [2.75, 3.05) is 20.3 Å². The Morgan fingerprint density at radius 2 is 1.90 bits per heavy atom. The van der Waals surface area contributed by atoms with E-state index in [2.05, 4.69) is 4.72 Å². The molecule has 2 aromatic carbocycles. The predicted molar refractivity (Wildman–Crippen MR) is 110 cm³/mol. The molecule has 1 N–H and O–H groups in total. The fourth-order valence-corrected chi connectivity index (χ4v) is 4.23. The summed E-state index contributed by atoms with van der Waals surface area (Å²) in [5, 5.41) is 0.355. The monoisotopic (exact) mass is 455 g/mol. The number of rotatable bonds is 7. The zero-order chi connectivity index (χ0) is 21.7. The molecule has 2 aromatic rings. The topological polar surface area (TPSA) is 100 Å². The zero-order valence-electron chi connectivity index (χ0n) is 16.5. The number of benzene rings is 2. The molecule has 0 aliphatic carbocycles. The number of fused-ring (bicyclic) bond motifs is 1. The molecule has 0 radical (unpaired) electrons. The Morgan fingerprint density at radius 3 is 2.60 bits per heavy atom. The number of halogens is 1. The summed E-state index contributed by atoms with van der Waals surface area (Å²) in [5.74, 6) is 0.745. The fourth-order valence-electron chi connectivity index (χ4n) is 2.75. The molecule has 0 fully saturated rings. The van der Waals surface area contributed by atoms with Crippen LogP contribution in [-0.4, -0.2) is 40.8 Å². The van der Waals surface area contributed by atoms with Crippen molar-refractivity contribution in [3.63, 3.8) is 0 Å². The summed E-state index contributed by atoms with van der Waals surface area (Å²) >= 11 is 6.23. The van der Waals surface area contributed by atoms with Crippen LogP contribution >= 0.6 is 11.6 Å². The van der Waals surface area contributed by atoms with Crippen LogP contribution in [0.15, 0.2) is 41.3 Å². The molecule has 0 saturated heterocycles. The van der Waals surface area contributed by atoms with Crippen LogP contribution in [0, 0.1) is 0 Å². The zero-order valence-corrected chi connectivity index (χ0v) is 18.1. The molecule has 3 rings (SSSR count). The van der Waals surface area contributed by atoms with Crippen molar-refractivity contribution in [1.29, 1.82) is 0 Å². The van der Waals surface area contributed by atoms with Gasteiger partial charge in [-0.2, -0.15) is 4.72 Å². The van der Waals surface area contributed by atoms with Gasteiger partial charge in [-0.25, -0.2) is 8.42 Å². The summed E-state index contributed by atoms with van der Waals surface area (Å²) in [6.45, 7) is 2.32. The van der Waals surface area contributed by atoms with Crippen molar-refractivity contribution in [1.82, 2.24) is 4.72 Å². The van der Waals surface area contributed by atoms with E-state index in [9.17, 15) is 13.2 Å². The van der Waals surface area contributed by atoms with Crippen molar-refractivity contribution < 1.29 is 32.2 Å². The second-order valence-electron chi connectivity index (χ2n) is 6.58. The summed E-state index contributed by atoms with van der Waals surface area (Å²) in [6, 6.07) is 8.03. The normalized spacial score (nSPS) is 14.5. The average molecular weight is 456 g/mol. The Morgan fingerprint density at radius 1 is 1.20 bits per heavy atom. The molecule has 0 amide bonds. The van der Waals surface area contributed by atoms with Crippen molar-refractivity contribution >= 4 is 27.6 Å². The van der Waals surface area contributed by atoms with Gasteiger partial charge in [0.2, 0.25) is 10.0 Å². The van der Waals surface area contributed by atoms with Crippen molar-refractivity contribution in [3.8, 4) is 17.2 Å². The molecule has 0 bridgehead atoms. The largest absolute Gasteiger partial charge is 0.497 e. The Bertz CT molecular complexity index is 1010. The fraction of sp³-hybridized carbons (Fsp3) is 0.350. The Hall–Kier alpha value is -2.49. The minimum absolute atomic E-state index is 0.0117. The molecule has 1 heterocycles. The first-order valence-corrected chi connectivity index (χ1v) is 11.1. The predicted octanol–water partition coefficient (Wildman–Crippen LogP) is 2.92. The Kier molecular flexibility index (Phi) is 7.06. The summed E-state index contributed by atoms with van der Waals surface area (Å²) in [5.41, 5.74) is 0.600. The van der Waals surface area contributed by atoms with Gasteiger partial charge in [-0.15, -0.1) is 0 Å². The molecular formula is C20H22ClNO7S. The number of carbonyl (C=O) groups is 1. The molecule has 0 unspecified atom stereocenters. The number of carbonyl (C=O) groups excluding carboxylic acids is 1. The highest BCUT2D eigenvalue weighted by Gasteiger charge is 2.24. The maximum absolute atomic E-state index is 12.5. The summed E-state index contributed by atoms with van der Waals surface area (Å²) < 4.78 is 48.6. The maximum Gasteiger partial charge on any atom is 0.324 e. The second kappa shape index (κ2) is 9.55. The highest BCUT2D eigenvalue weighted by molar-refractivity contribution is 7.89. The molecule has 162 valence electrons. The highest BCUT2D eigenvalue weighted by Crippen LogP contribution is 2.38. The molecule has 1 aliphatic rings. The van der Waals surface area contributed by atoms with Gasteiger partial charge in [-0.05, 0) is 48.9 Å². The highest BCUT2D eigenvalue weighted by atomic mass is 35.5. The van der Waals surface area contributed by atoms with Crippen molar-refractivity contribution in [2.45, 2.75) is 30.9 Å². The Balaban J connectivity index is 1.61. The third kappa shape index (κ3) is 5.35. The van der Waals surface area contributed by atoms with Gasteiger partial charge < -0.3 is 18.9 Å². The van der Waals surface area contributed by atoms with Gasteiger partial charge in [-0.3, -0.25) is 4.79 Å². The van der Waals surface area contributed by atoms with Gasteiger partial charge in [0.05, 0.1) is 30.2 Å². The van der Waals surface area contributed by atoms with Crippen LogP contribution in [0.4, 0.5) is 0 Å². The number of methoxy groups -OCH3 is 1. The molecule has 1 aliphatic heterocycles. The number of esters is 1. The third-order valence-corrected chi connectivity index (χ3v) is 6.14. The van der Waals surface area contributed by atoms with Crippen LogP contribution in [-0.2, 0) is 26.2 Å². The summed E-state index contributed by atoms with van der Waals surface area (Å²) in [6.07, 6.45) is 0.737. The quantitative estimate of drug-likeness (QED) is 0.640. The molecule has 10 heteroatoms. The lowest BCUT2D eigenvalue weighted by molar-refractivity contribution is -0.146. The number of nitrogens with one attached hydrogen (secondary N) is 1. The van der Waals surface area contributed by atoms with Crippen LogP contribution in [0.3, 0.4) is 0 Å². The first-order chi connectivity index (χ1) is 14.3. The van der Waals surface area contributed by atoms with E-state index in [0.29, 0.717) is 41.0 Å². The number of hydrogen-bond donors (Lipinski definition) is 1.